The van der Waals surface area contributed by atoms with Crippen LogP contribution in [0.25, 0.3) is 6.08 Å². The number of ether oxygens (including phenoxy) is 1. The van der Waals surface area contributed by atoms with Gasteiger partial charge in [0.15, 0.2) is 0 Å². The van der Waals surface area contributed by atoms with E-state index in [1.807, 2.05) is 69.3 Å². The first-order valence-corrected chi connectivity index (χ1v) is 10.3. The van der Waals surface area contributed by atoms with Crippen molar-refractivity contribution < 1.29 is 13.2 Å². The molecule has 0 heterocycles. The van der Waals surface area contributed by atoms with Gasteiger partial charge in [0.2, 0.25) is 10.0 Å². The predicted molar refractivity (Wildman–Crippen MR) is 110 cm³/mol. The van der Waals surface area contributed by atoms with Crippen LogP contribution in [0.15, 0.2) is 59.5 Å². The highest BCUT2D eigenvalue weighted by Crippen LogP contribution is 2.19. The van der Waals surface area contributed by atoms with Gasteiger partial charge in [-0.05, 0) is 38.5 Å². The molecule has 0 atom stereocenters. The zero-order valence-corrected chi connectivity index (χ0v) is 17.1. The summed E-state index contributed by atoms with van der Waals surface area (Å²) in [6, 6.07) is 14.8. The Hall–Kier alpha value is -2.15. The highest BCUT2D eigenvalue weighted by atomic mass is 32.2. The van der Waals surface area contributed by atoms with Gasteiger partial charge in [0, 0.05) is 24.2 Å². The van der Waals surface area contributed by atoms with E-state index >= 15 is 0 Å². The molecule has 0 bridgehead atoms. The van der Waals surface area contributed by atoms with Gasteiger partial charge in [-0.15, -0.1) is 0 Å². The summed E-state index contributed by atoms with van der Waals surface area (Å²) in [6.45, 7) is 6.55. The average Bonchev–Trinajstić information content (AvgIpc) is 2.60. The molecule has 0 saturated carbocycles. The third kappa shape index (κ3) is 6.50. The number of hydrogen-bond donors (Lipinski definition) is 2. The molecule has 0 aliphatic carbocycles. The van der Waals surface area contributed by atoms with Crippen molar-refractivity contribution in [2.75, 3.05) is 13.7 Å². The van der Waals surface area contributed by atoms with Gasteiger partial charge < -0.3 is 10.1 Å². The number of methoxy groups -OCH3 is 1. The second kappa shape index (κ2) is 9.17. The summed E-state index contributed by atoms with van der Waals surface area (Å²) < 4.78 is 33.3. The van der Waals surface area contributed by atoms with Crippen LogP contribution in [0, 0.1) is 0 Å². The second-order valence-corrected chi connectivity index (χ2v) is 8.89. The third-order valence-corrected chi connectivity index (χ3v) is 5.58. The van der Waals surface area contributed by atoms with E-state index in [4.69, 9.17) is 4.74 Å². The van der Waals surface area contributed by atoms with Crippen molar-refractivity contribution in [1.82, 2.24) is 10.0 Å². The Morgan fingerprint density at radius 2 is 1.70 bits per heavy atom. The molecule has 0 fully saturated rings. The highest BCUT2D eigenvalue weighted by Gasteiger charge is 2.23. The van der Waals surface area contributed by atoms with E-state index in [0.717, 1.165) is 16.9 Å². The Morgan fingerprint density at radius 3 is 2.41 bits per heavy atom. The highest BCUT2D eigenvalue weighted by molar-refractivity contribution is 7.89. The predicted octanol–water partition coefficient (Wildman–Crippen LogP) is 3.58. The van der Waals surface area contributed by atoms with E-state index in [0.29, 0.717) is 18.0 Å². The number of sulfonamides is 1. The van der Waals surface area contributed by atoms with Crippen molar-refractivity contribution in [2.45, 2.75) is 37.8 Å². The minimum Gasteiger partial charge on any atom is -0.496 e. The molecule has 0 aliphatic rings. The van der Waals surface area contributed by atoms with Crippen LogP contribution < -0.4 is 14.8 Å². The van der Waals surface area contributed by atoms with Crippen LogP contribution in [-0.2, 0) is 16.6 Å². The standard InChI is InChI=1S/C21H28N2O3S/c1-21(2,3)23-27(24,25)20-14-8-6-11-18(20)16-22-15-9-12-17-10-5-7-13-19(17)26-4/h5-14,22-23H,15-16H2,1-4H3/b12-9+. The average molecular weight is 389 g/mol. The fraction of sp³-hybridized carbons (Fsp3) is 0.333. The number of hydrogen-bond acceptors (Lipinski definition) is 4. The Morgan fingerprint density at radius 1 is 1.04 bits per heavy atom. The van der Waals surface area contributed by atoms with Gasteiger partial charge in [-0.1, -0.05) is 48.6 Å². The lowest BCUT2D eigenvalue weighted by atomic mass is 10.1. The van der Waals surface area contributed by atoms with Crippen molar-refractivity contribution in [3.8, 4) is 5.75 Å². The maximum atomic E-state index is 12.6. The van der Waals surface area contributed by atoms with Crippen molar-refractivity contribution in [1.29, 1.82) is 0 Å². The molecule has 0 unspecified atom stereocenters. The van der Waals surface area contributed by atoms with E-state index in [1.165, 1.54) is 0 Å². The van der Waals surface area contributed by atoms with Crippen LogP contribution >= 0.6 is 0 Å². The van der Waals surface area contributed by atoms with E-state index in [-0.39, 0.29) is 0 Å². The van der Waals surface area contributed by atoms with Crippen LogP contribution in [0.2, 0.25) is 0 Å². The molecule has 2 rings (SSSR count). The van der Waals surface area contributed by atoms with Crippen molar-refractivity contribution in [3.63, 3.8) is 0 Å². The lowest BCUT2D eigenvalue weighted by molar-refractivity contribution is 0.414. The first kappa shape index (κ1) is 21.2. The molecule has 27 heavy (non-hydrogen) atoms. The van der Waals surface area contributed by atoms with Crippen molar-refractivity contribution in [2.24, 2.45) is 0 Å². The molecule has 0 spiro atoms. The van der Waals surface area contributed by atoms with Crippen LogP contribution in [0.5, 0.6) is 5.75 Å². The number of rotatable bonds is 8. The molecular formula is C21H28N2O3S. The first-order valence-electron chi connectivity index (χ1n) is 8.85. The zero-order valence-electron chi connectivity index (χ0n) is 16.3. The topological polar surface area (TPSA) is 67.4 Å². The molecular weight excluding hydrogens is 360 g/mol. The Balaban J connectivity index is 2.02. The fourth-order valence-electron chi connectivity index (χ4n) is 2.65. The molecule has 6 heteroatoms. The first-order chi connectivity index (χ1) is 12.7. The van der Waals surface area contributed by atoms with Gasteiger partial charge in [-0.2, -0.15) is 0 Å². The molecule has 5 nitrogen and oxygen atoms in total. The Bertz CT molecular complexity index is 884. The minimum absolute atomic E-state index is 0.307. The molecule has 0 aromatic heterocycles. The summed E-state index contributed by atoms with van der Waals surface area (Å²) in [5.74, 6) is 0.818. The second-order valence-electron chi connectivity index (χ2n) is 7.24. The van der Waals surface area contributed by atoms with Crippen LogP contribution in [0.3, 0.4) is 0 Å². The molecule has 2 N–H and O–H groups in total. The van der Waals surface area contributed by atoms with E-state index in [1.54, 1.807) is 19.2 Å². The SMILES string of the molecule is COc1ccccc1/C=C/CNCc1ccccc1S(=O)(=O)NC(C)(C)C. The maximum absolute atomic E-state index is 12.6. The normalized spacial score (nSPS) is 12.4. The van der Waals surface area contributed by atoms with Gasteiger partial charge >= 0.3 is 0 Å². The quantitative estimate of drug-likeness (QED) is 0.679. The monoisotopic (exact) mass is 388 g/mol. The van der Waals surface area contributed by atoms with Gasteiger partial charge in [0.25, 0.3) is 0 Å². The smallest absolute Gasteiger partial charge is 0.241 e. The van der Waals surface area contributed by atoms with Gasteiger partial charge in [-0.3, -0.25) is 0 Å². The van der Waals surface area contributed by atoms with Gasteiger partial charge in [0.05, 0.1) is 12.0 Å². The summed E-state index contributed by atoms with van der Waals surface area (Å²) in [5, 5.41) is 3.26. The van der Waals surface area contributed by atoms with Crippen molar-refractivity contribution in [3.05, 3.63) is 65.7 Å². The number of nitrogens with one attached hydrogen (secondary N) is 2. The van der Waals surface area contributed by atoms with Crippen LogP contribution in [0.4, 0.5) is 0 Å². The van der Waals surface area contributed by atoms with Crippen molar-refractivity contribution >= 4 is 16.1 Å². The van der Waals surface area contributed by atoms with E-state index < -0.39 is 15.6 Å². The minimum atomic E-state index is -3.57. The molecule has 0 saturated heterocycles. The summed E-state index contributed by atoms with van der Waals surface area (Å²) >= 11 is 0. The van der Waals surface area contributed by atoms with E-state index in [2.05, 4.69) is 10.0 Å². The number of para-hydroxylation sites is 1. The third-order valence-electron chi connectivity index (χ3n) is 3.72. The molecule has 0 amide bonds. The summed E-state index contributed by atoms with van der Waals surface area (Å²) in [4.78, 5) is 0.307. The largest absolute Gasteiger partial charge is 0.496 e. The maximum Gasteiger partial charge on any atom is 0.241 e. The Labute approximate surface area is 162 Å². The zero-order chi connectivity index (χ0) is 19.9. The summed E-state index contributed by atoms with van der Waals surface area (Å²) in [5.41, 5.74) is 1.20. The molecule has 2 aromatic carbocycles. The Kier molecular flexibility index (Phi) is 7.18. The van der Waals surface area contributed by atoms with Crippen LogP contribution in [-0.4, -0.2) is 27.6 Å². The molecule has 0 aliphatic heterocycles. The molecule has 146 valence electrons. The summed E-state index contributed by atoms with van der Waals surface area (Å²) in [6.07, 6.45) is 3.97. The van der Waals surface area contributed by atoms with Gasteiger partial charge in [0.1, 0.15) is 5.75 Å². The lowest BCUT2D eigenvalue weighted by Gasteiger charge is -2.21. The molecule has 2 aromatic rings. The summed E-state index contributed by atoms with van der Waals surface area (Å²) in [7, 11) is -1.92. The van der Waals surface area contributed by atoms with Crippen LogP contribution in [0.1, 0.15) is 31.9 Å². The lowest BCUT2D eigenvalue weighted by Crippen LogP contribution is -2.40. The fourth-order valence-corrected chi connectivity index (χ4v) is 4.31. The van der Waals surface area contributed by atoms with Gasteiger partial charge in [-0.25, -0.2) is 13.1 Å². The molecule has 0 radical (unpaired) electrons. The number of benzene rings is 2. The van der Waals surface area contributed by atoms with E-state index in [9.17, 15) is 8.42 Å².